The smallest absolute Gasteiger partial charge is 0.122 e. The highest BCUT2D eigenvalue weighted by Crippen LogP contribution is 2.20. The summed E-state index contributed by atoms with van der Waals surface area (Å²) >= 11 is 0. The number of benzene rings is 2. The molecular weight excluding hydrogens is 270 g/mol. The molecule has 0 spiro atoms. The predicted octanol–water partition coefficient (Wildman–Crippen LogP) is 3.73. The van der Waals surface area contributed by atoms with E-state index in [1.807, 2.05) is 24.3 Å². The van der Waals surface area contributed by atoms with Gasteiger partial charge in [0.2, 0.25) is 0 Å². The van der Waals surface area contributed by atoms with Gasteiger partial charge in [-0.3, -0.25) is 5.41 Å². The molecule has 0 fully saturated rings. The maximum Gasteiger partial charge on any atom is 0.122 e. The highest BCUT2D eigenvalue weighted by atomic mass is 14.7. The van der Waals surface area contributed by atoms with E-state index in [-0.39, 0.29) is 5.84 Å². The third-order valence-electron chi connectivity index (χ3n) is 3.85. The van der Waals surface area contributed by atoms with Crippen molar-refractivity contribution in [3.63, 3.8) is 0 Å². The predicted molar refractivity (Wildman–Crippen MR) is 94.3 cm³/mol. The maximum atomic E-state index is 7.63. The van der Waals surface area contributed by atoms with Crippen LogP contribution in [0.4, 0.5) is 5.69 Å². The van der Waals surface area contributed by atoms with E-state index in [9.17, 15) is 0 Å². The molecular formula is C19H25N3. The van der Waals surface area contributed by atoms with Gasteiger partial charge in [-0.1, -0.05) is 38.1 Å². The summed E-state index contributed by atoms with van der Waals surface area (Å²) in [6, 6.07) is 14.1. The molecule has 0 aliphatic rings. The van der Waals surface area contributed by atoms with Gasteiger partial charge < -0.3 is 11.5 Å². The lowest BCUT2D eigenvalue weighted by atomic mass is 9.92. The summed E-state index contributed by atoms with van der Waals surface area (Å²) < 4.78 is 0. The summed E-state index contributed by atoms with van der Waals surface area (Å²) in [6.07, 6.45) is 3.00. The van der Waals surface area contributed by atoms with Crippen LogP contribution < -0.4 is 11.5 Å². The van der Waals surface area contributed by atoms with E-state index >= 15 is 0 Å². The topological polar surface area (TPSA) is 75.9 Å². The molecule has 0 aliphatic carbocycles. The Kier molecular flexibility index (Phi) is 5.21. The van der Waals surface area contributed by atoms with Crippen LogP contribution in [-0.2, 0) is 12.8 Å². The molecule has 0 amide bonds. The number of nitrogens with two attached hydrogens (primary N) is 2. The minimum Gasteiger partial charge on any atom is -0.399 e. The zero-order valence-corrected chi connectivity index (χ0v) is 13.4. The first-order valence-corrected chi connectivity index (χ1v) is 7.76. The molecule has 0 aromatic heterocycles. The Labute approximate surface area is 132 Å². The fraction of sp³-hybridized carbons (Fsp3) is 0.316. The Hall–Kier alpha value is -2.29. The maximum absolute atomic E-state index is 7.63. The van der Waals surface area contributed by atoms with Gasteiger partial charge in [0, 0.05) is 11.3 Å². The number of hydrogen-bond donors (Lipinski definition) is 3. The molecule has 3 heteroatoms. The Morgan fingerprint density at radius 3 is 2.50 bits per heavy atom. The molecule has 0 saturated carbocycles. The van der Waals surface area contributed by atoms with Crippen LogP contribution in [-0.4, -0.2) is 5.84 Å². The molecule has 0 radical (unpaired) electrons. The van der Waals surface area contributed by atoms with Crippen molar-refractivity contribution in [3.05, 3.63) is 64.7 Å². The average molecular weight is 295 g/mol. The zero-order valence-electron chi connectivity index (χ0n) is 13.4. The van der Waals surface area contributed by atoms with Gasteiger partial charge in [0.05, 0.1) is 0 Å². The largest absolute Gasteiger partial charge is 0.399 e. The molecule has 2 aromatic carbocycles. The molecule has 2 rings (SSSR count). The van der Waals surface area contributed by atoms with Crippen molar-refractivity contribution >= 4 is 11.5 Å². The van der Waals surface area contributed by atoms with Crippen molar-refractivity contribution in [1.29, 1.82) is 5.41 Å². The van der Waals surface area contributed by atoms with Crippen molar-refractivity contribution in [2.75, 3.05) is 5.73 Å². The van der Waals surface area contributed by atoms with Crippen LogP contribution in [0.3, 0.4) is 0 Å². The first-order chi connectivity index (χ1) is 10.5. The molecule has 0 aliphatic heterocycles. The lowest BCUT2D eigenvalue weighted by Crippen LogP contribution is -2.12. The van der Waals surface area contributed by atoms with Crippen molar-refractivity contribution in [1.82, 2.24) is 0 Å². The van der Waals surface area contributed by atoms with Crippen molar-refractivity contribution in [2.24, 2.45) is 11.7 Å². The summed E-state index contributed by atoms with van der Waals surface area (Å²) in [4.78, 5) is 0. The van der Waals surface area contributed by atoms with E-state index in [1.54, 1.807) is 0 Å². The van der Waals surface area contributed by atoms with E-state index in [1.165, 1.54) is 16.7 Å². The van der Waals surface area contributed by atoms with Crippen LogP contribution >= 0.6 is 0 Å². The van der Waals surface area contributed by atoms with Crippen molar-refractivity contribution in [2.45, 2.75) is 33.1 Å². The lowest BCUT2D eigenvalue weighted by molar-refractivity contribution is 0.585. The van der Waals surface area contributed by atoms with E-state index in [2.05, 4.69) is 32.0 Å². The monoisotopic (exact) mass is 295 g/mol. The second-order valence-corrected chi connectivity index (χ2v) is 6.25. The number of rotatable bonds is 6. The molecule has 0 atom stereocenters. The third-order valence-corrected chi connectivity index (χ3v) is 3.85. The molecule has 3 nitrogen and oxygen atoms in total. The lowest BCUT2D eigenvalue weighted by Gasteiger charge is -2.13. The van der Waals surface area contributed by atoms with E-state index in [4.69, 9.17) is 16.9 Å². The molecule has 0 heterocycles. The van der Waals surface area contributed by atoms with Crippen LogP contribution in [0.25, 0.3) is 0 Å². The number of hydrogen-bond acceptors (Lipinski definition) is 2. The van der Waals surface area contributed by atoms with E-state index < -0.39 is 0 Å². The Morgan fingerprint density at radius 2 is 1.86 bits per heavy atom. The molecule has 0 bridgehead atoms. The summed E-state index contributed by atoms with van der Waals surface area (Å²) in [5.74, 6) is 0.780. The zero-order chi connectivity index (χ0) is 16.1. The molecule has 22 heavy (non-hydrogen) atoms. The summed E-state index contributed by atoms with van der Waals surface area (Å²) in [5, 5.41) is 7.63. The minimum absolute atomic E-state index is 0.126. The highest BCUT2D eigenvalue weighted by Gasteiger charge is 2.08. The van der Waals surface area contributed by atoms with Gasteiger partial charge in [0.25, 0.3) is 0 Å². The summed E-state index contributed by atoms with van der Waals surface area (Å²) in [5.41, 5.74) is 16.9. The Bertz CT molecular complexity index is 659. The van der Waals surface area contributed by atoms with Gasteiger partial charge in [-0.2, -0.15) is 0 Å². The first kappa shape index (κ1) is 16.1. The molecule has 2 aromatic rings. The molecule has 116 valence electrons. The van der Waals surface area contributed by atoms with Gasteiger partial charge in [0.15, 0.2) is 0 Å². The second-order valence-electron chi connectivity index (χ2n) is 6.25. The normalized spacial score (nSPS) is 10.9. The molecule has 0 unspecified atom stereocenters. The fourth-order valence-corrected chi connectivity index (χ4v) is 2.57. The number of nitrogens with one attached hydrogen (secondary N) is 1. The van der Waals surface area contributed by atoms with Crippen LogP contribution in [0.5, 0.6) is 0 Å². The van der Waals surface area contributed by atoms with Crippen LogP contribution in [0.15, 0.2) is 42.5 Å². The minimum atomic E-state index is 0.126. The van der Waals surface area contributed by atoms with Crippen molar-refractivity contribution < 1.29 is 0 Å². The van der Waals surface area contributed by atoms with E-state index in [0.29, 0.717) is 5.92 Å². The highest BCUT2D eigenvalue weighted by molar-refractivity contribution is 5.95. The van der Waals surface area contributed by atoms with Crippen LogP contribution in [0.2, 0.25) is 0 Å². The van der Waals surface area contributed by atoms with Gasteiger partial charge >= 0.3 is 0 Å². The average Bonchev–Trinajstić information content (AvgIpc) is 2.46. The number of amidine groups is 1. The Balaban J connectivity index is 2.30. The summed E-state index contributed by atoms with van der Waals surface area (Å²) in [7, 11) is 0. The molecule has 0 saturated heterocycles. The van der Waals surface area contributed by atoms with Crippen molar-refractivity contribution in [3.8, 4) is 0 Å². The third kappa shape index (κ3) is 4.35. The van der Waals surface area contributed by atoms with E-state index in [0.717, 1.165) is 30.5 Å². The number of nitrogen functional groups attached to an aromatic ring is 2. The standard InChI is InChI=1S/C19H25N3/c1-13(2)6-7-16-12-17(19(21)22)9-8-15(16)10-14-4-3-5-18(20)11-14/h3-5,8-9,11-13H,6-7,10,20H2,1-2H3,(H3,21,22). The number of anilines is 1. The SMILES string of the molecule is CC(C)CCc1cc(C(=N)N)ccc1Cc1cccc(N)c1. The second kappa shape index (κ2) is 7.12. The quantitative estimate of drug-likeness (QED) is 0.431. The van der Waals surface area contributed by atoms with Gasteiger partial charge in [0.1, 0.15) is 5.84 Å². The van der Waals surface area contributed by atoms with Gasteiger partial charge in [-0.25, -0.2) is 0 Å². The molecule has 5 N–H and O–H groups in total. The van der Waals surface area contributed by atoms with Gasteiger partial charge in [-0.15, -0.1) is 0 Å². The van der Waals surface area contributed by atoms with Crippen LogP contribution in [0, 0.1) is 11.3 Å². The van der Waals surface area contributed by atoms with Crippen LogP contribution in [0.1, 0.15) is 42.5 Å². The number of aryl methyl sites for hydroxylation is 1. The first-order valence-electron chi connectivity index (χ1n) is 7.76. The summed E-state index contributed by atoms with van der Waals surface area (Å²) in [6.45, 7) is 4.46. The fourth-order valence-electron chi connectivity index (χ4n) is 2.57. The Morgan fingerprint density at radius 1 is 1.09 bits per heavy atom. The van der Waals surface area contributed by atoms with Gasteiger partial charge in [-0.05, 0) is 60.1 Å².